The standard InChI is InChI=1S/C12H22N2/c1-2-6-12-7-10-14(11-12)13-8-4-3-5-9-13/h2,12H,1,3-11H2. The second kappa shape index (κ2) is 4.94. The number of allylic oxidation sites excluding steroid dienone is 1. The lowest BCUT2D eigenvalue weighted by Crippen LogP contribution is -2.44. The van der Waals surface area contributed by atoms with E-state index in [1.807, 2.05) is 0 Å². The molecule has 1 unspecified atom stereocenters. The third kappa shape index (κ3) is 2.37. The highest BCUT2D eigenvalue weighted by Crippen LogP contribution is 2.23. The Labute approximate surface area is 87.5 Å². The predicted molar refractivity (Wildman–Crippen MR) is 59.9 cm³/mol. The van der Waals surface area contributed by atoms with Gasteiger partial charge in [0, 0.05) is 26.2 Å². The van der Waals surface area contributed by atoms with Crippen LogP contribution in [0.2, 0.25) is 0 Å². The van der Waals surface area contributed by atoms with E-state index in [1.54, 1.807) is 0 Å². The van der Waals surface area contributed by atoms with Crippen LogP contribution in [0, 0.1) is 5.92 Å². The summed E-state index contributed by atoms with van der Waals surface area (Å²) in [4.78, 5) is 0. The smallest absolute Gasteiger partial charge is 0.0165 e. The molecule has 2 saturated heterocycles. The molecule has 2 rings (SSSR count). The fraction of sp³-hybridized carbons (Fsp3) is 0.833. The van der Waals surface area contributed by atoms with Crippen molar-refractivity contribution >= 4 is 0 Å². The SMILES string of the molecule is C=CCC1CCN(N2CCCCC2)C1. The quantitative estimate of drug-likeness (QED) is 0.636. The van der Waals surface area contributed by atoms with Crippen LogP contribution in [0.25, 0.3) is 0 Å². The van der Waals surface area contributed by atoms with E-state index in [1.165, 1.54) is 58.3 Å². The van der Waals surface area contributed by atoms with Crippen LogP contribution in [-0.4, -0.2) is 36.2 Å². The van der Waals surface area contributed by atoms with E-state index in [2.05, 4.69) is 22.7 Å². The lowest BCUT2D eigenvalue weighted by atomic mass is 10.1. The maximum Gasteiger partial charge on any atom is 0.0165 e. The van der Waals surface area contributed by atoms with Crippen LogP contribution in [0.1, 0.15) is 32.1 Å². The summed E-state index contributed by atoms with van der Waals surface area (Å²) < 4.78 is 0. The van der Waals surface area contributed by atoms with Gasteiger partial charge >= 0.3 is 0 Å². The molecule has 0 aromatic heterocycles. The molecule has 2 aliphatic heterocycles. The van der Waals surface area contributed by atoms with Gasteiger partial charge in [-0.05, 0) is 31.6 Å². The van der Waals surface area contributed by atoms with E-state index in [0.29, 0.717) is 0 Å². The summed E-state index contributed by atoms with van der Waals surface area (Å²) in [6, 6.07) is 0. The molecular weight excluding hydrogens is 172 g/mol. The molecule has 0 aliphatic carbocycles. The first-order valence-corrected chi connectivity index (χ1v) is 6.01. The summed E-state index contributed by atoms with van der Waals surface area (Å²) in [7, 11) is 0. The topological polar surface area (TPSA) is 6.48 Å². The Kier molecular flexibility index (Phi) is 3.60. The van der Waals surface area contributed by atoms with E-state index < -0.39 is 0 Å². The van der Waals surface area contributed by atoms with Gasteiger partial charge < -0.3 is 0 Å². The van der Waals surface area contributed by atoms with Crippen LogP contribution in [0.3, 0.4) is 0 Å². The van der Waals surface area contributed by atoms with E-state index in [4.69, 9.17) is 0 Å². The van der Waals surface area contributed by atoms with Crippen molar-refractivity contribution in [2.75, 3.05) is 26.2 Å². The molecule has 14 heavy (non-hydrogen) atoms. The predicted octanol–water partition coefficient (Wildman–Crippen LogP) is 2.29. The Morgan fingerprint density at radius 3 is 2.57 bits per heavy atom. The number of nitrogens with zero attached hydrogens (tertiary/aromatic N) is 2. The molecule has 0 aromatic rings. The fourth-order valence-corrected chi connectivity index (χ4v) is 2.66. The van der Waals surface area contributed by atoms with Gasteiger partial charge in [-0.3, -0.25) is 0 Å². The van der Waals surface area contributed by atoms with Crippen molar-refractivity contribution in [3.63, 3.8) is 0 Å². The molecule has 0 bridgehead atoms. The second-order valence-electron chi connectivity index (χ2n) is 4.61. The maximum atomic E-state index is 3.83. The summed E-state index contributed by atoms with van der Waals surface area (Å²) in [6.07, 6.45) is 8.85. The first kappa shape index (κ1) is 10.2. The molecule has 2 aliphatic rings. The lowest BCUT2D eigenvalue weighted by Gasteiger charge is -2.34. The van der Waals surface area contributed by atoms with Crippen LogP contribution in [0.5, 0.6) is 0 Å². The Morgan fingerprint density at radius 2 is 1.86 bits per heavy atom. The summed E-state index contributed by atoms with van der Waals surface area (Å²) in [5.41, 5.74) is 0. The minimum atomic E-state index is 0.870. The van der Waals surface area contributed by atoms with E-state index in [9.17, 15) is 0 Å². The molecule has 0 saturated carbocycles. The van der Waals surface area contributed by atoms with E-state index in [-0.39, 0.29) is 0 Å². The summed E-state index contributed by atoms with van der Waals surface area (Å²) in [5, 5.41) is 5.15. The zero-order valence-corrected chi connectivity index (χ0v) is 9.12. The molecule has 0 amide bonds. The van der Waals surface area contributed by atoms with Crippen molar-refractivity contribution in [2.24, 2.45) is 5.92 Å². The zero-order valence-electron chi connectivity index (χ0n) is 9.12. The van der Waals surface area contributed by atoms with Crippen LogP contribution < -0.4 is 0 Å². The second-order valence-corrected chi connectivity index (χ2v) is 4.61. The Balaban J connectivity index is 1.78. The molecule has 80 valence electrons. The average molecular weight is 194 g/mol. The molecule has 2 nitrogen and oxygen atoms in total. The van der Waals surface area contributed by atoms with Crippen LogP contribution in [0.4, 0.5) is 0 Å². The van der Waals surface area contributed by atoms with Gasteiger partial charge in [0.05, 0.1) is 0 Å². The largest absolute Gasteiger partial charge is 0.242 e. The highest BCUT2D eigenvalue weighted by molar-refractivity contribution is 4.81. The van der Waals surface area contributed by atoms with Crippen molar-refractivity contribution in [1.82, 2.24) is 10.0 Å². The highest BCUT2D eigenvalue weighted by Gasteiger charge is 2.26. The van der Waals surface area contributed by atoms with Gasteiger partial charge in [0.25, 0.3) is 0 Å². The number of hydrazine groups is 1. The number of hydrogen-bond donors (Lipinski definition) is 0. The van der Waals surface area contributed by atoms with Gasteiger partial charge in [-0.15, -0.1) is 6.58 Å². The third-order valence-corrected chi connectivity index (χ3v) is 3.50. The molecule has 0 spiro atoms. The summed E-state index contributed by atoms with van der Waals surface area (Å²) in [6.45, 7) is 8.96. The minimum absolute atomic E-state index is 0.870. The zero-order chi connectivity index (χ0) is 9.80. The average Bonchev–Trinajstić information content (AvgIpc) is 2.68. The van der Waals surface area contributed by atoms with Crippen molar-refractivity contribution in [1.29, 1.82) is 0 Å². The molecule has 0 N–H and O–H groups in total. The van der Waals surface area contributed by atoms with E-state index >= 15 is 0 Å². The molecule has 2 heteroatoms. The van der Waals surface area contributed by atoms with Crippen LogP contribution in [-0.2, 0) is 0 Å². The first-order chi connectivity index (χ1) is 6.90. The molecule has 1 atom stereocenters. The number of hydrogen-bond acceptors (Lipinski definition) is 2. The molecule has 0 radical (unpaired) electrons. The summed E-state index contributed by atoms with van der Waals surface area (Å²) >= 11 is 0. The van der Waals surface area contributed by atoms with Gasteiger partial charge in [-0.25, -0.2) is 10.0 Å². The summed E-state index contributed by atoms with van der Waals surface area (Å²) in [5.74, 6) is 0.870. The monoisotopic (exact) mass is 194 g/mol. The number of piperidine rings is 1. The molecule has 2 heterocycles. The van der Waals surface area contributed by atoms with Crippen molar-refractivity contribution in [2.45, 2.75) is 32.1 Å². The van der Waals surface area contributed by atoms with E-state index in [0.717, 1.165) is 5.92 Å². The van der Waals surface area contributed by atoms with Crippen molar-refractivity contribution in [3.8, 4) is 0 Å². The maximum absolute atomic E-state index is 3.83. The Hall–Kier alpha value is -0.340. The third-order valence-electron chi connectivity index (χ3n) is 3.50. The normalized spacial score (nSPS) is 30.7. The van der Waals surface area contributed by atoms with Crippen LogP contribution in [0.15, 0.2) is 12.7 Å². The molecule has 0 aromatic carbocycles. The lowest BCUT2D eigenvalue weighted by molar-refractivity contribution is -0.0218. The first-order valence-electron chi connectivity index (χ1n) is 6.01. The molecular formula is C12H22N2. The van der Waals surface area contributed by atoms with Crippen molar-refractivity contribution in [3.05, 3.63) is 12.7 Å². The van der Waals surface area contributed by atoms with Gasteiger partial charge in [0.1, 0.15) is 0 Å². The highest BCUT2D eigenvalue weighted by atomic mass is 15.6. The van der Waals surface area contributed by atoms with Gasteiger partial charge in [-0.1, -0.05) is 12.5 Å². The van der Waals surface area contributed by atoms with Crippen LogP contribution >= 0.6 is 0 Å². The van der Waals surface area contributed by atoms with Crippen molar-refractivity contribution < 1.29 is 0 Å². The Bertz CT molecular complexity index is 185. The van der Waals surface area contributed by atoms with Gasteiger partial charge in [0.2, 0.25) is 0 Å². The fourth-order valence-electron chi connectivity index (χ4n) is 2.66. The molecule has 2 fully saturated rings. The minimum Gasteiger partial charge on any atom is -0.242 e. The van der Waals surface area contributed by atoms with Gasteiger partial charge in [0.15, 0.2) is 0 Å². The Morgan fingerprint density at radius 1 is 1.07 bits per heavy atom. The van der Waals surface area contributed by atoms with Gasteiger partial charge in [-0.2, -0.15) is 0 Å². The number of rotatable bonds is 3.